The first-order chi connectivity index (χ1) is 17.6. The summed E-state index contributed by atoms with van der Waals surface area (Å²) in [5.74, 6) is -1.63. The fourth-order valence-corrected chi connectivity index (χ4v) is 8.38. The number of hydrogen-bond acceptors (Lipinski definition) is 12. The standard InChI is InChI=1S/C26H40O12/c1-11(2)14-7-24(33)22(10-36-19-15(9-27)37-20(31)18(30)17(19)29)8-16(28)38-21(26(24,35)13(14)4)25(34)12(3)5-6-23(22,25)32/h11-12,15,17-21,27,29-35H,5-10H2,1-4H3/t12-,15-,17-,18-,19-,20?,21-,22+,23+,24-,25-,26+/m1/s1. The third-order valence-electron chi connectivity index (χ3n) is 10.6. The predicted molar refractivity (Wildman–Crippen MR) is 127 cm³/mol. The zero-order chi connectivity index (χ0) is 28.2. The molecule has 12 heteroatoms. The molecule has 12 atom stereocenters. The fourth-order valence-electron chi connectivity index (χ4n) is 8.38. The Hall–Kier alpha value is -1.19. The maximum Gasteiger partial charge on any atom is 0.307 e. The van der Waals surface area contributed by atoms with Crippen molar-refractivity contribution in [3.8, 4) is 0 Å². The minimum absolute atomic E-state index is 0.0376. The van der Waals surface area contributed by atoms with Crippen LogP contribution in [0.4, 0.5) is 0 Å². The van der Waals surface area contributed by atoms with Gasteiger partial charge in [-0.15, -0.1) is 0 Å². The Labute approximate surface area is 220 Å². The van der Waals surface area contributed by atoms with Crippen molar-refractivity contribution in [2.45, 2.75) is 113 Å². The van der Waals surface area contributed by atoms with Crippen LogP contribution >= 0.6 is 0 Å². The van der Waals surface area contributed by atoms with Crippen molar-refractivity contribution in [1.82, 2.24) is 0 Å². The molecular weight excluding hydrogens is 504 g/mol. The monoisotopic (exact) mass is 544 g/mol. The van der Waals surface area contributed by atoms with E-state index in [9.17, 15) is 45.6 Å². The number of carbonyl (C=O) groups excluding carboxylic acids is 1. The van der Waals surface area contributed by atoms with Crippen molar-refractivity contribution >= 4 is 5.97 Å². The van der Waals surface area contributed by atoms with Gasteiger partial charge in [0.1, 0.15) is 41.2 Å². The van der Waals surface area contributed by atoms with Gasteiger partial charge in [0.2, 0.25) is 0 Å². The second kappa shape index (κ2) is 8.65. The van der Waals surface area contributed by atoms with E-state index < -0.39 is 96.2 Å². The molecule has 2 bridgehead atoms. The Morgan fingerprint density at radius 2 is 1.71 bits per heavy atom. The number of ether oxygens (including phenoxy) is 3. The summed E-state index contributed by atoms with van der Waals surface area (Å²) >= 11 is 0. The van der Waals surface area contributed by atoms with Crippen LogP contribution < -0.4 is 0 Å². The molecule has 6 aliphatic rings. The van der Waals surface area contributed by atoms with Crippen LogP contribution in [0.3, 0.4) is 0 Å². The average Bonchev–Trinajstić information content (AvgIpc) is 3.17. The van der Waals surface area contributed by atoms with Crippen molar-refractivity contribution in [2.24, 2.45) is 17.3 Å². The first kappa shape index (κ1) is 28.3. The van der Waals surface area contributed by atoms with E-state index >= 15 is 0 Å². The Morgan fingerprint density at radius 1 is 1.05 bits per heavy atom. The van der Waals surface area contributed by atoms with Gasteiger partial charge in [0.05, 0.1) is 25.0 Å². The van der Waals surface area contributed by atoms with E-state index in [4.69, 9.17) is 14.2 Å². The van der Waals surface area contributed by atoms with Gasteiger partial charge in [-0.1, -0.05) is 26.3 Å². The van der Waals surface area contributed by atoms with E-state index in [0.29, 0.717) is 17.6 Å². The molecule has 3 heterocycles. The number of hydrogen-bond donors (Lipinski definition) is 8. The molecule has 3 saturated heterocycles. The second-order valence-electron chi connectivity index (χ2n) is 12.4. The molecule has 0 radical (unpaired) electrons. The van der Waals surface area contributed by atoms with Crippen LogP contribution in [0, 0.1) is 17.3 Å². The summed E-state index contributed by atoms with van der Waals surface area (Å²) in [5, 5.41) is 90.3. The van der Waals surface area contributed by atoms with Crippen molar-refractivity contribution < 1.29 is 59.9 Å². The highest BCUT2D eigenvalue weighted by atomic mass is 16.7. The first-order valence-electron chi connectivity index (χ1n) is 13.3. The molecule has 38 heavy (non-hydrogen) atoms. The van der Waals surface area contributed by atoms with Gasteiger partial charge in [0, 0.05) is 6.42 Å². The lowest BCUT2D eigenvalue weighted by atomic mass is 9.44. The molecule has 12 nitrogen and oxygen atoms in total. The summed E-state index contributed by atoms with van der Waals surface area (Å²) in [7, 11) is 0. The molecule has 2 saturated carbocycles. The molecule has 0 aromatic carbocycles. The zero-order valence-electron chi connectivity index (χ0n) is 22.1. The van der Waals surface area contributed by atoms with E-state index in [2.05, 4.69) is 0 Å². The summed E-state index contributed by atoms with van der Waals surface area (Å²) in [6.07, 6.45) is -10.2. The summed E-state index contributed by atoms with van der Waals surface area (Å²) in [6.45, 7) is 5.68. The third-order valence-corrected chi connectivity index (χ3v) is 10.6. The van der Waals surface area contributed by atoms with Gasteiger partial charge in [-0.05, 0) is 37.2 Å². The maximum absolute atomic E-state index is 13.2. The first-order valence-corrected chi connectivity index (χ1v) is 13.3. The van der Waals surface area contributed by atoms with E-state index in [0.717, 1.165) is 0 Å². The SMILES string of the molecule is CC1=C(C(C)C)C[C@@]2(O)[C@]3(CO[C@H]4[C@H](O)[C@@H](O)C(O)O[C@@H]4CO)CC(=O)O[C@H]([C@]4(O)[C@H](C)CC[C@@]43O)[C@@]12O. The van der Waals surface area contributed by atoms with Crippen molar-refractivity contribution in [3.63, 3.8) is 0 Å². The van der Waals surface area contributed by atoms with E-state index in [1.54, 1.807) is 13.8 Å². The Balaban J connectivity index is 1.69. The van der Waals surface area contributed by atoms with Crippen molar-refractivity contribution in [1.29, 1.82) is 0 Å². The Morgan fingerprint density at radius 3 is 2.32 bits per heavy atom. The largest absolute Gasteiger partial charge is 0.456 e. The molecule has 0 spiro atoms. The average molecular weight is 545 g/mol. The van der Waals surface area contributed by atoms with Gasteiger partial charge >= 0.3 is 5.97 Å². The third kappa shape index (κ3) is 3.02. The number of aliphatic hydroxyl groups is 8. The molecule has 0 aromatic rings. The molecule has 3 aliphatic carbocycles. The van der Waals surface area contributed by atoms with Crippen LogP contribution in [0.15, 0.2) is 11.1 Å². The highest BCUT2D eigenvalue weighted by molar-refractivity contribution is 5.75. The van der Waals surface area contributed by atoms with Crippen LogP contribution in [-0.2, 0) is 19.0 Å². The number of carbonyl (C=O) groups is 1. The minimum Gasteiger partial charge on any atom is -0.456 e. The Bertz CT molecular complexity index is 1030. The van der Waals surface area contributed by atoms with Gasteiger partial charge in [0.15, 0.2) is 18.0 Å². The lowest BCUT2D eigenvalue weighted by Crippen LogP contribution is -2.87. The van der Waals surface area contributed by atoms with Crippen LogP contribution in [0.5, 0.6) is 0 Å². The van der Waals surface area contributed by atoms with Gasteiger partial charge in [-0.25, -0.2) is 0 Å². The molecule has 6 rings (SSSR count). The van der Waals surface area contributed by atoms with Crippen molar-refractivity contribution in [2.75, 3.05) is 13.2 Å². The second-order valence-corrected chi connectivity index (χ2v) is 12.4. The van der Waals surface area contributed by atoms with Gasteiger partial charge < -0.3 is 55.1 Å². The molecule has 3 aliphatic heterocycles. The topological polar surface area (TPSA) is 207 Å². The van der Waals surface area contributed by atoms with Crippen LogP contribution in [0.2, 0.25) is 0 Å². The molecule has 8 N–H and O–H groups in total. The fraction of sp³-hybridized carbons (Fsp3) is 0.885. The van der Waals surface area contributed by atoms with E-state index in [1.165, 1.54) is 0 Å². The molecule has 5 fully saturated rings. The summed E-state index contributed by atoms with van der Waals surface area (Å²) in [4.78, 5) is 13.2. The van der Waals surface area contributed by atoms with Gasteiger partial charge in [0.25, 0.3) is 0 Å². The molecule has 1 unspecified atom stereocenters. The number of fused-ring (bicyclic) bond motifs is 2. The molecule has 216 valence electrons. The normalized spacial score (nSPS) is 54.2. The highest BCUT2D eigenvalue weighted by Crippen LogP contribution is 2.73. The van der Waals surface area contributed by atoms with E-state index in [-0.39, 0.29) is 18.8 Å². The quantitative estimate of drug-likeness (QED) is 0.138. The van der Waals surface area contributed by atoms with Crippen LogP contribution in [0.25, 0.3) is 0 Å². The van der Waals surface area contributed by atoms with Gasteiger partial charge in [-0.2, -0.15) is 0 Å². The smallest absolute Gasteiger partial charge is 0.307 e. The molecule has 0 aromatic heterocycles. The summed E-state index contributed by atoms with van der Waals surface area (Å²) in [5.41, 5.74) is -9.84. The van der Waals surface area contributed by atoms with Crippen molar-refractivity contribution in [3.05, 3.63) is 11.1 Å². The molecule has 0 amide bonds. The lowest BCUT2D eigenvalue weighted by Gasteiger charge is -2.67. The van der Waals surface area contributed by atoms with Gasteiger partial charge in [-0.3, -0.25) is 4.79 Å². The summed E-state index contributed by atoms with van der Waals surface area (Å²) in [6, 6.07) is 0. The van der Waals surface area contributed by atoms with Crippen LogP contribution in [-0.4, -0.2) is 119 Å². The van der Waals surface area contributed by atoms with E-state index in [1.807, 2.05) is 13.8 Å². The number of aliphatic hydroxyl groups excluding tert-OH is 4. The molecular formula is C26H40O12. The van der Waals surface area contributed by atoms with Crippen LogP contribution in [0.1, 0.15) is 53.4 Å². The Kier molecular flexibility index (Phi) is 6.45. The number of esters is 1. The summed E-state index contributed by atoms with van der Waals surface area (Å²) < 4.78 is 16.9. The maximum atomic E-state index is 13.2. The number of rotatable bonds is 5. The highest BCUT2D eigenvalue weighted by Gasteiger charge is 2.89. The lowest BCUT2D eigenvalue weighted by molar-refractivity contribution is -0.378. The zero-order valence-corrected chi connectivity index (χ0v) is 22.1. The minimum atomic E-state index is -2.27. The predicted octanol–water partition coefficient (Wildman–Crippen LogP) is -2.15.